The van der Waals surface area contributed by atoms with Crippen molar-refractivity contribution in [3.8, 4) is 5.69 Å². The fourth-order valence-corrected chi connectivity index (χ4v) is 3.22. The third-order valence-electron chi connectivity index (χ3n) is 4.61. The van der Waals surface area contributed by atoms with E-state index >= 15 is 0 Å². The van der Waals surface area contributed by atoms with Crippen molar-refractivity contribution in [3.05, 3.63) is 48.3 Å². The molecular weight excluding hydrogens is 306 g/mol. The maximum absolute atomic E-state index is 11.4. The number of carbonyl (C=O) groups excluding carboxylic acids is 1. The number of rotatable bonds is 5. The van der Waals surface area contributed by atoms with Gasteiger partial charge in [0.15, 0.2) is 6.10 Å². The molecule has 0 saturated carbocycles. The van der Waals surface area contributed by atoms with Gasteiger partial charge in [-0.25, -0.2) is 9.48 Å². The Hall–Kier alpha value is -2.18. The first kappa shape index (κ1) is 16.7. The van der Waals surface area contributed by atoms with Crippen molar-refractivity contribution < 1.29 is 14.6 Å². The van der Waals surface area contributed by atoms with E-state index in [1.807, 2.05) is 29.1 Å². The molecule has 1 aromatic carbocycles. The lowest BCUT2D eigenvalue weighted by molar-refractivity contribution is -0.154. The molecule has 1 aliphatic rings. The number of nitrogens with zero attached hydrogens (tertiary/aromatic N) is 3. The predicted octanol–water partition coefficient (Wildman–Crippen LogP) is 1.62. The number of carbonyl (C=O) groups is 1. The zero-order chi connectivity index (χ0) is 16.9. The first-order valence-electron chi connectivity index (χ1n) is 8.24. The normalized spacial score (nSPS) is 17.6. The summed E-state index contributed by atoms with van der Waals surface area (Å²) in [5.41, 5.74) is 2.28. The SMILES string of the molecule is COC(=O)[C@H](O)C1CCN(Cc2cccc(-n3cccn3)c2)CC1. The lowest BCUT2D eigenvalue weighted by Crippen LogP contribution is -2.40. The Morgan fingerprint density at radius 3 is 2.83 bits per heavy atom. The summed E-state index contributed by atoms with van der Waals surface area (Å²) in [6.45, 7) is 2.59. The summed E-state index contributed by atoms with van der Waals surface area (Å²) in [5.74, 6) is -0.538. The molecule has 0 unspecified atom stereocenters. The van der Waals surface area contributed by atoms with Crippen LogP contribution in [0.5, 0.6) is 0 Å². The van der Waals surface area contributed by atoms with Crippen molar-refractivity contribution in [1.29, 1.82) is 0 Å². The highest BCUT2D eigenvalue weighted by atomic mass is 16.5. The lowest BCUT2D eigenvalue weighted by atomic mass is 9.91. The Morgan fingerprint density at radius 2 is 2.17 bits per heavy atom. The van der Waals surface area contributed by atoms with Gasteiger partial charge >= 0.3 is 5.97 Å². The molecule has 6 heteroatoms. The Bertz CT molecular complexity index is 664. The smallest absolute Gasteiger partial charge is 0.334 e. The lowest BCUT2D eigenvalue weighted by Gasteiger charge is -2.33. The van der Waals surface area contributed by atoms with E-state index in [4.69, 9.17) is 0 Å². The fourth-order valence-electron chi connectivity index (χ4n) is 3.22. The van der Waals surface area contributed by atoms with Crippen LogP contribution in [0.1, 0.15) is 18.4 Å². The molecule has 1 saturated heterocycles. The number of aromatic nitrogens is 2. The number of hydrogen-bond donors (Lipinski definition) is 1. The highest BCUT2D eigenvalue weighted by molar-refractivity contribution is 5.74. The van der Waals surface area contributed by atoms with Gasteiger partial charge in [-0.3, -0.25) is 4.90 Å². The minimum atomic E-state index is -1.000. The van der Waals surface area contributed by atoms with E-state index in [-0.39, 0.29) is 5.92 Å². The second-order valence-electron chi connectivity index (χ2n) is 6.20. The van der Waals surface area contributed by atoms with Crippen LogP contribution in [0, 0.1) is 5.92 Å². The summed E-state index contributed by atoms with van der Waals surface area (Å²) in [5, 5.41) is 14.2. The van der Waals surface area contributed by atoms with Crippen molar-refractivity contribution in [2.45, 2.75) is 25.5 Å². The summed E-state index contributed by atoms with van der Waals surface area (Å²) in [4.78, 5) is 13.8. The summed E-state index contributed by atoms with van der Waals surface area (Å²) >= 11 is 0. The first-order chi connectivity index (χ1) is 11.7. The van der Waals surface area contributed by atoms with E-state index in [1.165, 1.54) is 12.7 Å². The van der Waals surface area contributed by atoms with Gasteiger partial charge in [-0.2, -0.15) is 5.10 Å². The molecule has 2 aromatic rings. The average Bonchev–Trinajstić information content (AvgIpc) is 3.16. The van der Waals surface area contributed by atoms with Crippen molar-refractivity contribution in [1.82, 2.24) is 14.7 Å². The molecule has 2 heterocycles. The van der Waals surface area contributed by atoms with Crippen LogP contribution in [0.4, 0.5) is 0 Å². The second kappa shape index (κ2) is 7.59. The number of methoxy groups -OCH3 is 1. The van der Waals surface area contributed by atoms with Crippen LogP contribution in [0.2, 0.25) is 0 Å². The maximum atomic E-state index is 11.4. The van der Waals surface area contributed by atoms with Crippen LogP contribution >= 0.6 is 0 Å². The molecule has 6 nitrogen and oxygen atoms in total. The van der Waals surface area contributed by atoms with E-state index in [2.05, 4.69) is 26.9 Å². The number of benzene rings is 1. The van der Waals surface area contributed by atoms with Crippen LogP contribution in [-0.2, 0) is 16.1 Å². The Balaban J connectivity index is 1.57. The van der Waals surface area contributed by atoms with Gasteiger partial charge in [0.05, 0.1) is 12.8 Å². The van der Waals surface area contributed by atoms with Gasteiger partial charge in [-0.05, 0) is 55.6 Å². The van der Waals surface area contributed by atoms with E-state index in [1.54, 1.807) is 6.20 Å². The molecule has 0 bridgehead atoms. The van der Waals surface area contributed by atoms with E-state index in [0.29, 0.717) is 0 Å². The van der Waals surface area contributed by atoms with Crippen molar-refractivity contribution in [3.63, 3.8) is 0 Å². The van der Waals surface area contributed by atoms with Gasteiger partial charge in [-0.15, -0.1) is 0 Å². The molecule has 1 aromatic heterocycles. The second-order valence-corrected chi connectivity index (χ2v) is 6.20. The maximum Gasteiger partial charge on any atom is 0.334 e. The zero-order valence-electron chi connectivity index (χ0n) is 13.8. The molecule has 1 aliphatic heterocycles. The third-order valence-corrected chi connectivity index (χ3v) is 4.61. The predicted molar refractivity (Wildman–Crippen MR) is 89.6 cm³/mol. The Kier molecular flexibility index (Phi) is 5.27. The van der Waals surface area contributed by atoms with Crippen molar-refractivity contribution in [2.75, 3.05) is 20.2 Å². The fraction of sp³-hybridized carbons (Fsp3) is 0.444. The molecule has 0 spiro atoms. The summed E-state index contributed by atoms with van der Waals surface area (Å²) in [6, 6.07) is 10.2. The van der Waals surface area contributed by atoms with Gasteiger partial charge in [0.1, 0.15) is 0 Å². The quantitative estimate of drug-likeness (QED) is 0.844. The van der Waals surface area contributed by atoms with Crippen molar-refractivity contribution in [2.24, 2.45) is 5.92 Å². The topological polar surface area (TPSA) is 67.6 Å². The van der Waals surface area contributed by atoms with Crippen LogP contribution in [0.3, 0.4) is 0 Å². The molecule has 0 amide bonds. The highest BCUT2D eigenvalue weighted by Crippen LogP contribution is 2.23. The van der Waals surface area contributed by atoms with Crippen LogP contribution < -0.4 is 0 Å². The number of likely N-dealkylation sites (tertiary alicyclic amines) is 1. The number of esters is 1. The number of hydrogen-bond acceptors (Lipinski definition) is 5. The molecule has 1 fully saturated rings. The number of aliphatic hydroxyl groups is 1. The molecule has 24 heavy (non-hydrogen) atoms. The van der Waals surface area contributed by atoms with Crippen LogP contribution in [-0.4, -0.2) is 52.1 Å². The summed E-state index contributed by atoms with van der Waals surface area (Å²) in [6.07, 6.45) is 4.30. The molecular formula is C18H23N3O3. The minimum absolute atomic E-state index is 0.0101. The Morgan fingerprint density at radius 1 is 1.38 bits per heavy atom. The third kappa shape index (κ3) is 3.83. The van der Waals surface area contributed by atoms with Gasteiger partial charge in [0, 0.05) is 18.9 Å². The number of ether oxygens (including phenoxy) is 1. The molecule has 1 atom stereocenters. The van der Waals surface area contributed by atoms with E-state index in [0.717, 1.165) is 38.2 Å². The average molecular weight is 329 g/mol. The summed E-state index contributed by atoms with van der Waals surface area (Å²) in [7, 11) is 1.31. The van der Waals surface area contributed by atoms with Crippen molar-refractivity contribution >= 4 is 5.97 Å². The Labute approximate surface area is 141 Å². The zero-order valence-corrected chi connectivity index (χ0v) is 13.8. The van der Waals surface area contributed by atoms with Gasteiger partial charge in [0.25, 0.3) is 0 Å². The minimum Gasteiger partial charge on any atom is -0.467 e. The molecule has 1 N–H and O–H groups in total. The van der Waals surface area contributed by atoms with Gasteiger partial charge in [-0.1, -0.05) is 12.1 Å². The standard InChI is InChI=1S/C18H23N3O3/c1-24-18(23)17(22)15-6-10-20(11-7-15)13-14-4-2-5-16(12-14)21-9-3-8-19-21/h2-5,8-9,12,15,17,22H,6-7,10-11,13H2,1H3/t17-/m1/s1. The molecule has 0 aliphatic carbocycles. The van der Waals surface area contributed by atoms with E-state index in [9.17, 15) is 9.90 Å². The van der Waals surface area contributed by atoms with E-state index < -0.39 is 12.1 Å². The van der Waals surface area contributed by atoms with Gasteiger partial charge in [0.2, 0.25) is 0 Å². The number of piperidine rings is 1. The summed E-state index contributed by atoms with van der Waals surface area (Å²) < 4.78 is 6.48. The monoisotopic (exact) mass is 329 g/mol. The largest absolute Gasteiger partial charge is 0.467 e. The van der Waals surface area contributed by atoms with Crippen LogP contribution in [0.25, 0.3) is 5.69 Å². The molecule has 3 rings (SSSR count). The molecule has 128 valence electrons. The number of aliphatic hydroxyl groups excluding tert-OH is 1. The first-order valence-corrected chi connectivity index (χ1v) is 8.24. The van der Waals surface area contributed by atoms with Gasteiger partial charge < -0.3 is 9.84 Å². The molecule has 0 radical (unpaired) electrons. The highest BCUT2D eigenvalue weighted by Gasteiger charge is 2.30. The van der Waals surface area contributed by atoms with Crippen LogP contribution in [0.15, 0.2) is 42.7 Å².